The zero-order chi connectivity index (χ0) is 18.4. The maximum absolute atomic E-state index is 10.4. The summed E-state index contributed by atoms with van der Waals surface area (Å²) < 4.78 is 17.9. The van der Waals surface area contributed by atoms with Crippen molar-refractivity contribution in [2.24, 2.45) is 0 Å². The second-order valence-electron chi connectivity index (χ2n) is 5.95. The van der Waals surface area contributed by atoms with Crippen LogP contribution in [0.15, 0.2) is 42.7 Å². The summed E-state index contributed by atoms with van der Waals surface area (Å²) in [4.78, 5) is 0. The third-order valence-electron chi connectivity index (χ3n) is 4.60. The van der Waals surface area contributed by atoms with Crippen molar-refractivity contribution < 1.29 is 28.8 Å². The van der Waals surface area contributed by atoms with Crippen LogP contribution in [0.3, 0.4) is 0 Å². The van der Waals surface area contributed by atoms with Gasteiger partial charge in [-0.2, -0.15) is 4.40 Å². The van der Waals surface area contributed by atoms with Gasteiger partial charge in [0, 0.05) is 23.6 Å². The molecule has 4 rings (SSSR count). The molecule has 0 saturated heterocycles. The molecular weight excluding hydrogens is 334 g/mol. The van der Waals surface area contributed by atoms with E-state index < -0.39 is 0 Å². The molecular formula is C20H18NO5+. The summed E-state index contributed by atoms with van der Waals surface area (Å²) in [5.74, 6) is 1.57. The number of fused-ring (bicyclic) bond motifs is 4. The molecule has 6 heteroatoms. The number of aromatic hydroxyl groups is 2. The predicted octanol–water partition coefficient (Wildman–Crippen LogP) is 3.17. The Morgan fingerprint density at radius 2 is 1.54 bits per heavy atom. The molecule has 0 aliphatic heterocycles. The van der Waals surface area contributed by atoms with Gasteiger partial charge < -0.3 is 24.4 Å². The molecule has 0 saturated carbocycles. The van der Waals surface area contributed by atoms with E-state index in [9.17, 15) is 10.2 Å². The van der Waals surface area contributed by atoms with Crippen molar-refractivity contribution in [2.75, 3.05) is 21.3 Å². The van der Waals surface area contributed by atoms with Crippen LogP contribution in [0.2, 0.25) is 0 Å². The number of methoxy groups -OCH3 is 3. The molecule has 2 N–H and O–H groups in total. The van der Waals surface area contributed by atoms with Gasteiger partial charge in [-0.15, -0.1) is 0 Å². The Bertz CT molecular complexity index is 1170. The van der Waals surface area contributed by atoms with Crippen molar-refractivity contribution in [2.45, 2.75) is 0 Å². The Morgan fingerprint density at radius 3 is 2.23 bits per heavy atom. The fraction of sp³-hybridized carbons (Fsp3) is 0.150. The Morgan fingerprint density at radius 1 is 0.769 bits per heavy atom. The lowest BCUT2D eigenvalue weighted by atomic mass is 10.1. The maximum atomic E-state index is 10.4. The number of ether oxygens (including phenoxy) is 3. The highest BCUT2D eigenvalue weighted by molar-refractivity contribution is 6.02. The lowest BCUT2D eigenvalue weighted by Crippen LogP contribution is -2.20. The fourth-order valence-corrected chi connectivity index (χ4v) is 3.33. The number of nitrogens with zero attached hydrogens (tertiary/aromatic N) is 1. The van der Waals surface area contributed by atoms with Crippen molar-refractivity contribution in [1.82, 2.24) is 0 Å². The number of phenolic OH excluding ortho intramolecular Hbond substituents is 2. The Balaban J connectivity index is 2.17. The molecule has 2 aromatic heterocycles. The summed E-state index contributed by atoms with van der Waals surface area (Å²) >= 11 is 0. The first kappa shape index (κ1) is 16.1. The third-order valence-corrected chi connectivity index (χ3v) is 4.60. The van der Waals surface area contributed by atoms with E-state index in [1.54, 1.807) is 19.2 Å². The number of rotatable bonds is 3. The Hall–Kier alpha value is -3.41. The third kappa shape index (κ3) is 2.23. The van der Waals surface area contributed by atoms with Crippen molar-refractivity contribution in [3.63, 3.8) is 0 Å². The normalized spacial score (nSPS) is 11.2. The van der Waals surface area contributed by atoms with E-state index in [4.69, 9.17) is 14.2 Å². The number of hydrogen-bond donors (Lipinski definition) is 2. The average Bonchev–Trinajstić information content (AvgIpc) is 2.66. The quantitative estimate of drug-likeness (QED) is 0.337. The van der Waals surface area contributed by atoms with E-state index in [0.29, 0.717) is 28.0 Å². The van der Waals surface area contributed by atoms with Crippen LogP contribution < -0.4 is 18.6 Å². The van der Waals surface area contributed by atoms with E-state index in [-0.39, 0.29) is 11.5 Å². The van der Waals surface area contributed by atoms with Gasteiger partial charge in [0.25, 0.3) is 0 Å². The summed E-state index contributed by atoms with van der Waals surface area (Å²) in [5.41, 5.74) is 0.846. The summed E-state index contributed by atoms with van der Waals surface area (Å²) in [6.45, 7) is 0. The standard InChI is InChI=1S/C20H17NO5/c1-24-18-6-11-4-5-21-10-14-13(7-15(21)12(11)8-17(18)23)20(26-3)19(25-2)9-16(14)22/h4-10,23H,1-3H3/p+1. The van der Waals surface area contributed by atoms with Crippen molar-refractivity contribution in [3.05, 3.63) is 42.7 Å². The Labute approximate surface area is 149 Å². The van der Waals surface area contributed by atoms with Crippen molar-refractivity contribution in [3.8, 4) is 28.7 Å². The van der Waals surface area contributed by atoms with Crippen LogP contribution in [0.4, 0.5) is 0 Å². The molecule has 0 atom stereocenters. The number of pyridine rings is 2. The maximum Gasteiger partial charge on any atom is 0.219 e. The van der Waals surface area contributed by atoms with Crippen LogP contribution in [0, 0.1) is 0 Å². The number of phenols is 2. The lowest BCUT2D eigenvalue weighted by Gasteiger charge is -2.12. The number of aromatic nitrogens is 1. The molecule has 0 unspecified atom stereocenters. The first-order valence-electron chi connectivity index (χ1n) is 7.99. The second kappa shape index (κ2) is 5.84. The summed E-state index contributed by atoms with van der Waals surface area (Å²) in [6.07, 6.45) is 3.71. The fourth-order valence-electron chi connectivity index (χ4n) is 3.33. The minimum absolute atomic E-state index is 0.0636. The molecule has 0 spiro atoms. The number of benzene rings is 2. The topological polar surface area (TPSA) is 72.3 Å². The second-order valence-corrected chi connectivity index (χ2v) is 5.95. The molecule has 0 radical (unpaired) electrons. The van der Waals surface area contributed by atoms with Crippen LogP contribution >= 0.6 is 0 Å². The van der Waals surface area contributed by atoms with E-state index in [1.165, 1.54) is 20.3 Å². The van der Waals surface area contributed by atoms with Gasteiger partial charge in [0.1, 0.15) is 5.75 Å². The Kier molecular flexibility index (Phi) is 3.61. The van der Waals surface area contributed by atoms with Gasteiger partial charge in [-0.25, -0.2) is 0 Å². The number of hydrogen-bond acceptors (Lipinski definition) is 5. The molecule has 0 amide bonds. The molecule has 6 nitrogen and oxygen atoms in total. The van der Waals surface area contributed by atoms with Gasteiger partial charge in [0.05, 0.1) is 32.1 Å². The molecule has 0 aliphatic carbocycles. The largest absolute Gasteiger partial charge is 0.507 e. The average molecular weight is 352 g/mol. The predicted molar refractivity (Wildman–Crippen MR) is 97.6 cm³/mol. The minimum atomic E-state index is 0.0636. The molecule has 0 aliphatic rings. The summed E-state index contributed by atoms with van der Waals surface area (Å²) in [6, 6.07) is 8.82. The van der Waals surface area contributed by atoms with Crippen LogP contribution in [-0.2, 0) is 0 Å². The van der Waals surface area contributed by atoms with Gasteiger partial charge >= 0.3 is 0 Å². The van der Waals surface area contributed by atoms with Crippen LogP contribution in [0.5, 0.6) is 28.7 Å². The molecule has 2 heterocycles. The van der Waals surface area contributed by atoms with Gasteiger partial charge in [-0.1, -0.05) is 0 Å². The van der Waals surface area contributed by atoms with Crippen molar-refractivity contribution >= 4 is 27.1 Å². The van der Waals surface area contributed by atoms with E-state index in [2.05, 4.69) is 0 Å². The van der Waals surface area contributed by atoms with Gasteiger partial charge in [0.2, 0.25) is 5.52 Å². The highest BCUT2D eigenvalue weighted by Crippen LogP contribution is 2.41. The van der Waals surface area contributed by atoms with Crippen LogP contribution in [-0.4, -0.2) is 31.5 Å². The monoisotopic (exact) mass is 352 g/mol. The SMILES string of the molecule is COc1cc2cc[n+]3cc4c(O)cc(OC)c(OC)c4cc3c2cc1O. The lowest BCUT2D eigenvalue weighted by molar-refractivity contribution is -0.509. The summed E-state index contributed by atoms with van der Waals surface area (Å²) in [5, 5.41) is 23.7. The van der Waals surface area contributed by atoms with Crippen LogP contribution in [0.25, 0.3) is 27.1 Å². The molecule has 26 heavy (non-hydrogen) atoms. The van der Waals surface area contributed by atoms with E-state index >= 15 is 0 Å². The highest BCUT2D eigenvalue weighted by atomic mass is 16.5. The van der Waals surface area contributed by atoms with E-state index in [1.807, 2.05) is 28.9 Å². The minimum Gasteiger partial charge on any atom is -0.507 e. The van der Waals surface area contributed by atoms with Crippen molar-refractivity contribution in [1.29, 1.82) is 0 Å². The zero-order valence-electron chi connectivity index (χ0n) is 14.6. The summed E-state index contributed by atoms with van der Waals surface area (Å²) in [7, 11) is 4.61. The first-order valence-corrected chi connectivity index (χ1v) is 7.99. The van der Waals surface area contributed by atoms with Gasteiger partial charge in [-0.05, 0) is 17.5 Å². The molecule has 132 valence electrons. The smallest absolute Gasteiger partial charge is 0.219 e. The zero-order valence-corrected chi connectivity index (χ0v) is 14.6. The van der Waals surface area contributed by atoms with Crippen LogP contribution in [0.1, 0.15) is 0 Å². The highest BCUT2D eigenvalue weighted by Gasteiger charge is 2.19. The molecule has 0 fully saturated rings. The first-order chi connectivity index (χ1) is 12.6. The van der Waals surface area contributed by atoms with E-state index in [0.717, 1.165) is 16.3 Å². The van der Waals surface area contributed by atoms with Gasteiger partial charge in [0.15, 0.2) is 35.4 Å². The molecule has 2 aromatic carbocycles. The van der Waals surface area contributed by atoms with Gasteiger partial charge in [-0.3, -0.25) is 0 Å². The molecule has 0 bridgehead atoms. The molecule has 4 aromatic rings.